The zero-order chi connectivity index (χ0) is 20.2. The number of amides is 1. The van der Waals surface area contributed by atoms with Crippen LogP contribution in [0.15, 0.2) is 51.6 Å². The van der Waals surface area contributed by atoms with Crippen LogP contribution in [0.5, 0.6) is 0 Å². The SMILES string of the molecule is CC(C)c1nc(CN2CCCC(C(=O)Nc3ccc(-c4ccco4)cc3)C2)no1. The van der Waals surface area contributed by atoms with Crippen molar-refractivity contribution in [2.45, 2.75) is 39.2 Å². The van der Waals surface area contributed by atoms with Gasteiger partial charge in [0.15, 0.2) is 5.82 Å². The van der Waals surface area contributed by atoms with E-state index in [1.165, 1.54) is 0 Å². The van der Waals surface area contributed by atoms with Gasteiger partial charge < -0.3 is 14.3 Å². The van der Waals surface area contributed by atoms with Crippen molar-refractivity contribution in [3.8, 4) is 11.3 Å². The molecule has 1 atom stereocenters. The van der Waals surface area contributed by atoms with Crippen LogP contribution in [0.4, 0.5) is 5.69 Å². The third kappa shape index (κ3) is 4.74. The number of furan rings is 1. The zero-order valence-electron chi connectivity index (χ0n) is 16.8. The Balaban J connectivity index is 1.33. The molecule has 3 aromatic rings. The molecule has 0 aliphatic carbocycles. The van der Waals surface area contributed by atoms with Gasteiger partial charge in [0.25, 0.3) is 0 Å². The van der Waals surface area contributed by atoms with Crippen molar-refractivity contribution < 1.29 is 13.7 Å². The third-order valence-corrected chi connectivity index (χ3v) is 5.18. The first kappa shape index (κ1) is 19.4. The Labute approximate surface area is 170 Å². The molecule has 0 radical (unpaired) electrons. The predicted molar refractivity (Wildman–Crippen MR) is 109 cm³/mol. The number of nitrogens with zero attached hydrogens (tertiary/aromatic N) is 3. The summed E-state index contributed by atoms with van der Waals surface area (Å²) in [6.07, 6.45) is 3.51. The van der Waals surface area contributed by atoms with Gasteiger partial charge in [0.05, 0.1) is 18.7 Å². The van der Waals surface area contributed by atoms with Gasteiger partial charge in [0.2, 0.25) is 11.8 Å². The maximum Gasteiger partial charge on any atom is 0.229 e. The Morgan fingerprint density at radius 1 is 1.28 bits per heavy atom. The quantitative estimate of drug-likeness (QED) is 0.671. The molecule has 1 aliphatic rings. The third-order valence-electron chi connectivity index (χ3n) is 5.18. The summed E-state index contributed by atoms with van der Waals surface area (Å²) in [6, 6.07) is 11.5. The molecule has 7 nitrogen and oxygen atoms in total. The van der Waals surface area contributed by atoms with Crippen LogP contribution in [-0.4, -0.2) is 34.0 Å². The highest BCUT2D eigenvalue weighted by Gasteiger charge is 2.27. The lowest BCUT2D eigenvalue weighted by molar-refractivity contribution is -0.121. The van der Waals surface area contributed by atoms with Gasteiger partial charge in [0.1, 0.15) is 5.76 Å². The number of hydrogen-bond acceptors (Lipinski definition) is 6. The Kier molecular flexibility index (Phi) is 5.76. The Bertz CT molecular complexity index is 931. The van der Waals surface area contributed by atoms with E-state index in [1.807, 2.05) is 50.2 Å². The fraction of sp³-hybridized carbons (Fsp3) is 0.409. The highest BCUT2D eigenvalue weighted by Crippen LogP contribution is 2.24. The van der Waals surface area contributed by atoms with Gasteiger partial charge in [-0.2, -0.15) is 4.98 Å². The second kappa shape index (κ2) is 8.61. The van der Waals surface area contributed by atoms with Crippen molar-refractivity contribution in [3.05, 3.63) is 54.4 Å². The van der Waals surface area contributed by atoms with E-state index in [1.54, 1.807) is 6.26 Å². The molecule has 1 aromatic carbocycles. The average Bonchev–Trinajstić information content (AvgIpc) is 3.41. The lowest BCUT2D eigenvalue weighted by Gasteiger charge is -2.31. The number of carbonyl (C=O) groups excluding carboxylic acids is 1. The maximum absolute atomic E-state index is 12.8. The summed E-state index contributed by atoms with van der Waals surface area (Å²) in [6.45, 7) is 6.30. The second-order valence-electron chi connectivity index (χ2n) is 7.82. The Morgan fingerprint density at radius 3 is 2.79 bits per heavy atom. The van der Waals surface area contributed by atoms with Crippen molar-refractivity contribution in [2.75, 3.05) is 18.4 Å². The van der Waals surface area contributed by atoms with Gasteiger partial charge in [-0.05, 0) is 55.8 Å². The molecule has 1 fully saturated rings. The first-order valence-electron chi connectivity index (χ1n) is 10.1. The van der Waals surface area contributed by atoms with E-state index in [0.717, 1.165) is 36.4 Å². The summed E-state index contributed by atoms with van der Waals surface area (Å²) in [4.78, 5) is 19.4. The van der Waals surface area contributed by atoms with Crippen molar-refractivity contribution in [2.24, 2.45) is 5.92 Å². The van der Waals surface area contributed by atoms with Crippen LogP contribution < -0.4 is 5.32 Å². The van der Waals surface area contributed by atoms with Crippen molar-refractivity contribution in [1.29, 1.82) is 0 Å². The first-order chi connectivity index (χ1) is 14.1. The minimum atomic E-state index is -0.0510. The van der Waals surface area contributed by atoms with Crippen molar-refractivity contribution >= 4 is 11.6 Å². The number of carbonyl (C=O) groups is 1. The fourth-order valence-corrected chi connectivity index (χ4v) is 3.58. The summed E-state index contributed by atoms with van der Waals surface area (Å²) in [5, 5.41) is 7.10. The number of benzene rings is 1. The number of rotatable bonds is 6. The molecule has 1 N–H and O–H groups in total. The first-order valence-corrected chi connectivity index (χ1v) is 10.1. The number of likely N-dealkylation sites (tertiary alicyclic amines) is 1. The average molecular weight is 394 g/mol. The normalized spacial score (nSPS) is 17.6. The van der Waals surface area contributed by atoms with Crippen LogP contribution in [0.25, 0.3) is 11.3 Å². The summed E-state index contributed by atoms with van der Waals surface area (Å²) in [5.74, 6) is 2.37. The molecule has 1 unspecified atom stereocenters. The summed E-state index contributed by atoms with van der Waals surface area (Å²) >= 11 is 0. The van der Waals surface area contributed by atoms with E-state index in [9.17, 15) is 4.79 Å². The van der Waals surface area contributed by atoms with Crippen LogP contribution in [-0.2, 0) is 11.3 Å². The molecule has 1 amide bonds. The van der Waals surface area contributed by atoms with Crippen LogP contribution in [0, 0.1) is 5.92 Å². The topological polar surface area (TPSA) is 84.4 Å². The highest BCUT2D eigenvalue weighted by molar-refractivity contribution is 5.93. The lowest BCUT2D eigenvalue weighted by atomic mass is 9.97. The molecule has 1 aliphatic heterocycles. The van der Waals surface area contributed by atoms with Crippen LogP contribution in [0.2, 0.25) is 0 Å². The van der Waals surface area contributed by atoms with E-state index in [0.29, 0.717) is 24.8 Å². The van der Waals surface area contributed by atoms with Gasteiger partial charge in [0, 0.05) is 23.7 Å². The zero-order valence-corrected chi connectivity index (χ0v) is 16.8. The van der Waals surface area contributed by atoms with E-state index in [-0.39, 0.29) is 17.7 Å². The van der Waals surface area contributed by atoms with Gasteiger partial charge in [-0.25, -0.2) is 0 Å². The summed E-state index contributed by atoms with van der Waals surface area (Å²) in [7, 11) is 0. The van der Waals surface area contributed by atoms with Crippen LogP contribution in [0.1, 0.15) is 44.3 Å². The van der Waals surface area contributed by atoms with Crippen LogP contribution >= 0.6 is 0 Å². The monoisotopic (exact) mass is 394 g/mol. The number of nitrogens with one attached hydrogen (secondary N) is 1. The molecule has 0 spiro atoms. The maximum atomic E-state index is 12.8. The number of piperidine rings is 1. The van der Waals surface area contributed by atoms with Gasteiger partial charge in [-0.15, -0.1) is 0 Å². The van der Waals surface area contributed by atoms with E-state index < -0.39 is 0 Å². The molecule has 2 aromatic heterocycles. The summed E-state index contributed by atoms with van der Waals surface area (Å²) < 4.78 is 10.7. The molecular weight excluding hydrogens is 368 g/mol. The molecule has 152 valence electrons. The molecule has 0 saturated carbocycles. The molecule has 3 heterocycles. The second-order valence-corrected chi connectivity index (χ2v) is 7.82. The van der Waals surface area contributed by atoms with E-state index in [4.69, 9.17) is 8.94 Å². The molecule has 0 bridgehead atoms. The predicted octanol–water partition coefficient (Wildman–Crippen LogP) is 4.30. The Hall–Kier alpha value is -2.93. The van der Waals surface area contributed by atoms with Crippen molar-refractivity contribution in [1.82, 2.24) is 15.0 Å². The molecule has 4 rings (SSSR count). The highest BCUT2D eigenvalue weighted by atomic mass is 16.5. The largest absolute Gasteiger partial charge is 0.464 e. The number of aromatic nitrogens is 2. The lowest BCUT2D eigenvalue weighted by Crippen LogP contribution is -2.40. The Morgan fingerprint density at radius 2 is 2.10 bits per heavy atom. The summed E-state index contributed by atoms with van der Waals surface area (Å²) in [5.41, 5.74) is 1.78. The minimum Gasteiger partial charge on any atom is -0.464 e. The van der Waals surface area contributed by atoms with E-state index in [2.05, 4.69) is 20.4 Å². The number of anilines is 1. The smallest absolute Gasteiger partial charge is 0.229 e. The molecule has 7 heteroatoms. The van der Waals surface area contributed by atoms with Gasteiger partial charge in [-0.3, -0.25) is 9.69 Å². The van der Waals surface area contributed by atoms with Crippen molar-refractivity contribution in [3.63, 3.8) is 0 Å². The minimum absolute atomic E-state index is 0.0510. The standard InChI is InChI=1S/C22H26N4O3/c1-15(2)22-24-20(25-29-22)14-26-11-3-5-17(13-26)21(27)23-18-9-7-16(8-10-18)19-6-4-12-28-19/h4,6-10,12,15,17H,3,5,11,13-14H2,1-2H3,(H,23,27). The van der Waals surface area contributed by atoms with Gasteiger partial charge in [-0.1, -0.05) is 19.0 Å². The fourth-order valence-electron chi connectivity index (χ4n) is 3.58. The van der Waals surface area contributed by atoms with E-state index >= 15 is 0 Å². The van der Waals surface area contributed by atoms with Crippen LogP contribution in [0.3, 0.4) is 0 Å². The van der Waals surface area contributed by atoms with Gasteiger partial charge >= 0.3 is 0 Å². The number of hydrogen-bond donors (Lipinski definition) is 1. The molecule has 1 saturated heterocycles. The molecule has 29 heavy (non-hydrogen) atoms. The molecular formula is C22H26N4O3.